The van der Waals surface area contributed by atoms with Crippen molar-refractivity contribution in [2.45, 2.75) is 6.42 Å². The molecule has 0 atom stereocenters. The minimum atomic E-state index is -0.0878. The number of carbonyl (C=O) groups is 1. The highest BCUT2D eigenvalue weighted by Crippen LogP contribution is 2.29. The predicted molar refractivity (Wildman–Crippen MR) is 134 cm³/mol. The Kier molecular flexibility index (Phi) is 5.97. The maximum absolute atomic E-state index is 12.4. The molecule has 3 aromatic carbocycles. The monoisotopic (exact) mass is 468 g/mol. The molecule has 0 bridgehead atoms. The molecule has 2 heterocycles. The van der Waals surface area contributed by atoms with Crippen LogP contribution in [0.2, 0.25) is 5.02 Å². The van der Waals surface area contributed by atoms with Gasteiger partial charge in [0.25, 0.3) is 0 Å². The van der Waals surface area contributed by atoms with Gasteiger partial charge in [0.05, 0.1) is 24.7 Å². The van der Waals surface area contributed by atoms with Crippen LogP contribution in [0.25, 0.3) is 27.9 Å². The Morgan fingerprint density at radius 3 is 2.35 bits per heavy atom. The number of nitrogens with zero attached hydrogens (tertiary/aromatic N) is 3. The molecule has 7 heteroatoms. The number of methoxy groups -OCH3 is 1. The van der Waals surface area contributed by atoms with Crippen molar-refractivity contribution in [1.29, 1.82) is 0 Å². The third kappa shape index (κ3) is 4.63. The van der Waals surface area contributed by atoms with Gasteiger partial charge >= 0.3 is 0 Å². The second-order valence-corrected chi connectivity index (χ2v) is 8.26. The summed E-state index contributed by atoms with van der Waals surface area (Å²) in [4.78, 5) is 16.9. The second-order valence-electron chi connectivity index (χ2n) is 7.82. The molecule has 6 nitrogen and oxygen atoms in total. The van der Waals surface area contributed by atoms with Crippen LogP contribution in [0.3, 0.4) is 0 Å². The zero-order chi connectivity index (χ0) is 23.5. The molecule has 0 unspecified atom stereocenters. The molecule has 5 aromatic rings. The minimum absolute atomic E-state index is 0.0878. The number of rotatable bonds is 6. The van der Waals surface area contributed by atoms with Crippen LogP contribution in [0, 0.1) is 0 Å². The summed E-state index contributed by atoms with van der Waals surface area (Å²) in [6.07, 6.45) is 3.80. The Bertz CT molecular complexity index is 1440. The SMILES string of the molecule is COc1ccc(-c2cc3c(-c4ccc(NC(=O)Cc5ccc(Cl)cc5)cc4)ncnn3c2)cc1. The van der Waals surface area contributed by atoms with E-state index in [-0.39, 0.29) is 12.3 Å². The maximum Gasteiger partial charge on any atom is 0.228 e. The summed E-state index contributed by atoms with van der Waals surface area (Å²) < 4.78 is 7.07. The molecule has 0 aliphatic heterocycles. The quantitative estimate of drug-likeness (QED) is 0.336. The lowest BCUT2D eigenvalue weighted by Gasteiger charge is -2.07. The zero-order valence-corrected chi connectivity index (χ0v) is 19.2. The van der Waals surface area contributed by atoms with Gasteiger partial charge in [-0.2, -0.15) is 5.10 Å². The van der Waals surface area contributed by atoms with Crippen LogP contribution < -0.4 is 10.1 Å². The minimum Gasteiger partial charge on any atom is -0.497 e. The van der Waals surface area contributed by atoms with Gasteiger partial charge in [0.15, 0.2) is 0 Å². The summed E-state index contributed by atoms with van der Waals surface area (Å²) in [5, 5.41) is 7.95. The van der Waals surface area contributed by atoms with Gasteiger partial charge in [0.2, 0.25) is 5.91 Å². The zero-order valence-electron chi connectivity index (χ0n) is 18.4. The van der Waals surface area contributed by atoms with Crippen molar-refractivity contribution in [1.82, 2.24) is 14.6 Å². The number of hydrogen-bond acceptors (Lipinski definition) is 4. The van der Waals surface area contributed by atoms with Gasteiger partial charge in [-0.1, -0.05) is 48.0 Å². The Labute approximate surface area is 201 Å². The molecule has 1 N–H and O–H groups in total. The number of fused-ring (bicyclic) bond motifs is 1. The molecule has 0 saturated carbocycles. The third-order valence-electron chi connectivity index (χ3n) is 5.55. The van der Waals surface area contributed by atoms with Gasteiger partial charge in [-0.05, 0) is 53.6 Å². The molecular formula is C27H21ClN4O2. The first-order chi connectivity index (χ1) is 16.6. The van der Waals surface area contributed by atoms with Crippen LogP contribution in [0.4, 0.5) is 5.69 Å². The molecule has 0 spiro atoms. The van der Waals surface area contributed by atoms with Crippen LogP contribution in [0.1, 0.15) is 5.56 Å². The summed E-state index contributed by atoms with van der Waals surface area (Å²) in [5.41, 5.74) is 6.38. The van der Waals surface area contributed by atoms with Crippen LogP contribution in [-0.2, 0) is 11.2 Å². The Hall–Kier alpha value is -4.16. The van der Waals surface area contributed by atoms with Gasteiger partial charge < -0.3 is 10.1 Å². The van der Waals surface area contributed by atoms with Crippen molar-refractivity contribution in [3.8, 4) is 28.1 Å². The van der Waals surface area contributed by atoms with Crippen LogP contribution in [0.15, 0.2) is 91.4 Å². The molecule has 0 saturated heterocycles. The number of benzene rings is 3. The number of nitrogens with one attached hydrogen (secondary N) is 1. The summed E-state index contributed by atoms with van der Waals surface area (Å²) in [6.45, 7) is 0. The number of halogens is 1. The van der Waals surface area contributed by atoms with Gasteiger partial charge in [-0.15, -0.1) is 0 Å². The van der Waals surface area contributed by atoms with E-state index in [1.165, 1.54) is 0 Å². The molecule has 0 fully saturated rings. The predicted octanol–water partition coefficient (Wildman–Crippen LogP) is 5.91. The number of aromatic nitrogens is 3. The Morgan fingerprint density at radius 2 is 1.65 bits per heavy atom. The van der Waals surface area contributed by atoms with Gasteiger partial charge in [0, 0.05) is 28.0 Å². The number of anilines is 1. The van der Waals surface area contributed by atoms with E-state index in [0.717, 1.165) is 44.9 Å². The van der Waals surface area contributed by atoms with Crippen LogP contribution in [-0.4, -0.2) is 27.6 Å². The number of ether oxygens (including phenoxy) is 1. The first-order valence-corrected chi connectivity index (χ1v) is 11.1. The normalized spacial score (nSPS) is 10.9. The summed E-state index contributed by atoms with van der Waals surface area (Å²) >= 11 is 5.91. The van der Waals surface area contributed by atoms with Crippen molar-refractivity contribution in [2.75, 3.05) is 12.4 Å². The highest BCUT2D eigenvalue weighted by atomic mass is 35.5. The van der Waals surface area contributed by atoms with Crippen molar-refractivity contribution >= 4 is 28.7 Å². The summed E-state index contributed by atoms with van der Waals surface area (Å²) in [6, 6.07) is 24.9. The van der Waals surface area contributed by atoms with E-state index in [4.69, 9.17) is 16.3 Å². The van der Waals surface area contributed by atoms with E-state index in [0.29, 0.717) is 5.02 Å². The lowest BCUT2D eigenvalue weighted by atomic mass is 10.1. The molecule has 0 radical (unpaired) electrons. The average molecular weight is 469 g/mol. The Balaban J connectivity index is 1.35. The number of hydrogen-bond donors (Lipinski definition) is 1. The lowest BCUT2D eigenvalue weighted by Crippen LogP contribution is -2.14. The third-order valence-corrected chi connectivity index (χ3v) is 5.80. The first-order valence-electron chi connectivity index (χ1n) is 10.7. The standard InChI is InChI=1S/C27H21ClN4O2/c1-34-24-12-6-19(7-13-24)21-15-25-27(29-17-30-32(25)16-21)20-4-10-23(11-5-20)31-26(33)14-18-2-8-22(28)9-3-18/h2-13,15-17H,14H2,1H3,(H,31,33). The average Bonchev–Trinajstić information content (AvgIpc) is 3.31. The van der Waals surface area contributed by atoms with Crippen molar-refractivity contribution in [3.05, 3.63) is 102 Å². The second kappa shape index (κ2) is 9.37. The summed E-state index contributed by atoms with van der Waals surface area (Å²) in [7, 11) is 1.65. The van der Waals surface area contributed by atoms with Crippen LogP contribution >= 0.6 is 11.6 Å². The fourth-order valence-electron chi connectivity index (χ4n) is 3.80. The highest BCUT2D eigenvalue weighted by molar-refractivity contribution is 6.30. The van der Waals surface area contributed by atoms with Gasteiger partial charge in [-0.3, -0.25) is 4.79 Å². The van der Waals surface area contributed by atoms with Crippen molar-refractivity contribution in [3.63, 3.8) is 0 Å². The molecule has 0 aliphatic carbocycles. The molecule has 168 valence electrons. The molecule has 34 heavy (non-hydrogen) atoms. The highest BCUT2D eigenvalue weighted by Gasteiger charge is 2.11. The maximum atomic E-state index is 12.4. The summed E-state index contributed by atoms with van der Waals surface area (Å²) in [5.74, 6) is 0.726. The van der Waals surface area contributed by atoms with Crippen LogP contribution in [0.5, 0.6) is 5.75 Å². The fourth-order valence-corrected chi connectivity index (χ4v) is 3.92. The first kappa shape index (κ1) is 21.7. The van der Waals surface area contributed by atoms with Crippen molar-refractivity contribution < 1.29 is 9.53 Å². The van der Waals surface area contributed by atoms with Crippen molar-refractivity contribution in [2.24, 2.45) is 0 Å². The van der Waals surface area contributed by atoms with E-state index in [1.54, 1.807) is 25.6 Å². The van der Waals surface area contributed by atoms with Gasteiger partial charge in [0.1, 0.15) is 12.1 Å². The van der Waals surface area contributed by atoms with E-state index >= 15 is 0 Å². The molecule has 5 rings (SSSR count). The van der Waals surface area contributed by atoms with E-state index < -0.39 is 0 Å². The number of carbonyl (C=O) groups excluding carboxylic acids is 1. The molecule has 1 amide bonds. The molecule has 0 aliphatic rings. The number of amides is 1. The molecular weight excluding hydrogens is 448 g/mol. The largest absolute Gasteiger partial charge is 0.497 e. The van der Waals surface area contributed by atoms with E-state index in [9.17, 15) is 4.79 Å². The topological polar surface area (TPSA) is 68.5 Å². The van der Waals surface area contributed by atoms with E-state index in [2.05, 4.69) is 21.5 Å². The molecule has 2 aromatic heterocycles. The van der Waals surface area contributed by atoms with Gasteiger partial charge in [-0.25, -0.2) is 9.50 Å². The lowest BCUT2D eigenvalue weighted by molar-refractivity contribution is -0.115. The smallest absolute Gasteiger partial charge is 0.228 e. The van der Waals surface area contributed by atoms with E-state index in [1.807, 2.05) is 71.4 Å². The fraction of sp³-hybridized carbons (Fsp3) is 0.0741. The Morgan fingerprint density at radius 1 is 0.941 bits per heavy atom.